The normalized spacial score (nSPS) is 15.5. The lowest BCUT2D eigenvalue weighted by Gasteiger charge is -2.37. The Kier molecular flexibility index (Phi) is 7.83. The first-order chi connectivity index (χ1) is 17.2. The van der Waals surface area contributed by atoms with Crippen LogP contribution >= 0.6 is 11.3 Å². The SMILES string of the molecule is CCCCN(CC(=O)N1CCc2sccc2C1c1ccc(C)cc1)C(=O)c1cccc(C(F)(F)F)c1. The van der Waals surface area contributed by atoms with E-state index in [1.54, 1.807) is 16.2 Å². The molecule has 2 heterocycles. The van der Waals surface area contributed by atoms with E-state index in [-0.39, 0.29) is 24.1 Å². The third-order valence-electron chi connectivity index (χ3n) is 6.51. The zero-order valence-corrected chi connectivity index (χ0v) is 21.2. The summed E-state index contributed by atoms with van der Waals surface area (Å²) in [6.45, 7) is 4.60. The van der Waals surface area contributed by atoms with Crippen molar-refractivity contribution in [2.45, 2.75) is 45.3 Å². The van der Waals surface area contributed by atoms with Crippen molar-refractivity contribution < 1.29 is 22.8 Å². The molecule has 8 heteroatoms. The van der Waals surface area contributed by atoms with Crippen molar-refractivity contribution in [3.05, 3.63) is 92.7 Å². The summed E-state index contributed by atoms with van der Waals surface area (Å²) in [6, 6.07) is 14.3. The van der Waals surface area contributed by atoms with E-state index < -0.39 is 17.6 Å². The van der Waals surface area contributed by atoms with Crippen LogP contribution in [-0.2, 0) is 17.4 Å². The molecule has 0 N–H and O–H groups in total. The van der Waals surface area contributed by atoms with Crippen molar-refractivity contribution in [3.63, 3.8) is 0 Å². The van der Waals surface area contributed by atoms with Crippen molar-refractivity contribution in [3.8, 4) is 0 Å². The van der Waals surface area contributed by atoms with Crippen LogP contribution in [0.2, 0.25) is 0 Å². The summed E-state index contributed by atoms with van der Waals surface area (Å²) in [5, 5.41) is 2.03. The number of unbranched alkanes of at least 4 members (excludes halogenated alkanes) is 1. The number of thiophene rings is 1. The molecule has 0 aliphatic carbocycles. The number of benzene rings is 2. The van der Waals surface area contributed by atoms with Gasteiger partial charge in [0.2, 0.25) is 5.91 Å². The van der Waals surface area contributed by atoms with E-state index in [0.717, 1.165) is 41.7 Å². The molecule has 0 saturated carbocycles. The summed E-state index contributed by atoms with van der Waals surface area (Å²) in [5.41, 5.74) is 2.26. The maximum Gasteiger partial charge on any atom is 0.416 e. The third-order valence-corrected chi connectivity index (χ3v) is 7.51. The molecule has 0 fully saturated rings. The second-order valence-electron chi connectivity index (χ2n) is 9.11. The zero-order valence-electron chi connectivity index (χ0n) is 20.3. The number of carbonyl (C=O) groups is 2. The number of halogens is 3. The average Bonchev–Trinajstić information content (AvgIpc) is 3.34. The van der Waals surface area contributed by atoms with Crippen molar-refractivity contribution in [1.29, 1.82) is 0 Å². The molecule has 2 amide bonds. The smallest absolute Gasteiger partial charge is 0.330 e. The number of carbonyl (C=O) groups excluding carboxylic acids is 2. The van der Waals surface area contributed by atoms with Gasteiger partial charge in [0.05, 0.1) is 11.6 Å². The number of nitrogens with zero attached hydrogens (tertiary/aromatic N) is 2. The monoisotopic (exact) mass is 514 g/mol. The molecular formula is C28H29F3N2O2S. The molecule has 4 rings (SSSR count). The fourth-order valence-corrected chi connectivity index (χ4v) is 5.46. The molecule has 1 atom stereocenters. The molecule has 1 aliphatic rings. The second-order valence-corrected chi connectivity index (χ2v) is 10.1. The Morgan fingerprint density at radius 2 is 1.86 bits per heavy atom. The Hall–Kier alpha value is -3.13. The topological polar surface area (TPSA) is 40.6 Å². The fraction of sp³-hybridized carbons (Fsp3) is 0.357. The first-order valence-corrected chi connectivity index (χ1v) is 13.0. The number of alkyl halides is 3. The van der Waals surface area contributed by atoms with Gasteiger partial charge in [0.15, 0.2) is 0 Å². The number of amides is 2. The van der Waals surface area contributed by atoms with Crippen LogP contribution in [0.4, 0.5) is 13.2 Å². The lowest BCUT2D eigenvalue weighted by molar-refractivity contribution is -0.137. The first kappa shape index (κ1) is 25.9. The van der Waals surface area contributed by atoms with E-state index in [2.05, 4.69) is 0 Å². The molecule has 36 heavy (non-hydrogen) atoms. The van der Waals surface area contributed by atoms with Crippen LogP contribution in [0.15, 0.2) is 60.0 Å². The molecule has 0 saturated heterocycles. The van der Waals surface area contributed by atoms with Gasteiger partial charge in [-0.15, -0.1) is 11.3 Å². The van der Waals surface area contributed by atoms with E-state index in [4.69, 9.17) is 0 Å². The summed E-state index contributed by atoms with van der Waals surface area (Å²) in [4.78, 5) is 31.4. The zero-order chi connectivity index (χ0) is 25.9. The van der Waals surface area contributed by atoms with Gasteiger partial charge in [-0.1, -0.05) is 49.2 Å². The minimum atomic E-state index is -4.55. The van der Waals surface area contributed by atoms with Gasteiger partial charge < -0.3 is 9.80 Å². The molecule has 1 unspecified atom stereocenters. The predicted octanol–water partition coefficient (Wildman–Crippen LogP) is 6.49. The predicted molar refractivity (Wildman–Crippen MR) is 135 cm³/mol. The van der Waals surface area contributed by atoms with E-state index in [9.17, 15) is 22.8 Å². The van der Waals surface area contributed by atoms with Crippen LogP contribution in [0.25, 0.3) is 0 Å². The highest BCUT2D eigenvalue weighted by atomic mass is 32.1. The van der Waals surface area contributed by atoms with Crippen molar-refractivity contribution in [1.82, 2.24) is 9.80 Å². The first-order valence-electron chi connectivity index (χ1n) is 12.1. The molecular weight excluding hydrogens is 485 g/mol. The molecule has 0 spiro atoms. The van der Waals surface area contributed by atoms with Gasteiger partial charge >= 0.3 is 6.18 Å². The number of aryl methyl sites for hydroxylation is 1. The molecule has 2 aromatic carbocycles. The maximum atomic E-state index is 13.7. The van der Waals surface area contributed by atoms with Gasteiger partial charge in [-0.05, 0) is 60.5 Å². The minimum absolute atomic E-state index is 0.0671. The summed E-state index contributed by atoms with van der Waals surface area (Å²) < 4.78 is 39.7. The molecule has 190 valence electrons. The summed E-state index contributed by atoms with van der Waals surface area (Å²) >= 11 is 1.68. The average molecular weight is 515 g/mol. The van der Waals surface area contributed by atoms with Gasteiger partial charge in [0.25, 0.3) is 5.91 Å². The number of fused-ring (bicyclic) bond motifs is 1. The van der Waals surface area contributed by atoms with E-state index in [0.29, 0.717) is 19.5 Å². The Morgan fingerprint density at radius 3 is 2.56 bits per heavy atom. The van der Waals surface area contributed by atoms with Gasteiger partial charge in [0.1, 0.15) is 6.54 Å². The largest absolute Gasteiger partial charge is 0.416 e. The van der Waals surface area contributed by atoms with E-state index in [1.807, 2.05) is 49.6 Å². The van der Waals surface area contributed by atoms with Crippen LogP contribution in [0.3, 0.4) is 0 Å². The van der Waals surface area contributed by atoms with Gasteiger partial charge in [0, 0.05) is 23.5 Å². The van der Waals surface area contributed by atoms with Crippen molar-refractivity contribution in [2.24, 2.45) is 0 Å². The van der Waals surface area contributed by atoms with Gasteiger partial charge in [-0.25, -0.2) is 0 Å². The molecule has 1 aromatic heterocycles. The van der Waals surface area contributed by atoms with Crippen molar-refractivity contribution in [2.75, 3.05) is 19.6 Å². The van der Waals surface area contributed by atoms with Crippen LogP contribution < -0.4 is 0 Å². The summed E-state index contributed by atoms with van der Waals surface area (Å²) in [5.74, 6) is -0.781. The van der Waals surface area contributed by atoms with Crippen molar-refractivity contribution >= 4 is 23.2 Å². The summed E-state index contributed by atoms with van der Waals surface area (Å²) in [7, 11) is 0. The van der Waals surface area contributed by atoms with Crippen LogP contribution in [-0.4, -0.2) is 41.2 Å². The second kappa shape index (κ2) is 10.9. The Balaban J connectivity index is 1.61. The molecule has 4 nitrogen and oxygen atoms in total. The number of hydrogen-bond acceptors (Lipinski definition) is 3. The standard InChI is InChI=1S/C28H29F3N2O2S/c1-3-4-14-32(27(35)21-6-5-7-22(17-21)28(29,30)31)18-25(34)33-15-12-24-23(13-16-36-24)26(33)20-10-8-19(2)9-11-20/h5-11,13,16-17,26H,3-4,12,14-15,18H2,1-2H3. The summed E-state index contributed by atoms with van der Waals surface area (Å²) in [6.07, 6.45) is -2.38. The Labute approximate surface area is 213 Å². The van der Waals surface area contributed by atoms with Crippen LogP contribution in [0.1, 0.15) is 63.3 Å². The number of hydrogen-bond donors (Lipinski definition) is 0. The minimum Gasteiger partial charge on any atom is -0.330 e. The van der Waals surface area contributed by atoms with Gasteiger partial charge in [-0.3, -0.25) is 9.59 Å². The number of rotatable bonds is 7. The highest BCUT2D eigenvalue weighted by molar-refractivity contribution is 7.10. The highest BCUT2D eigenvalue weighted by Gasteiger charge is 2.35. The van der Waals surface area contributed by atoms with Gasteiger partial charge in [-0.2, -0.15) is 13.2 Å². The third kappa shape index (κ3) is 5.64. The lowest BCUT2D eigenvalue weighted by atomic mass is 9.92. The highest BCUT2D eigenvalue weighted by Crippen LogP contribution is 2.38. The Morgan fingerprint density at radius 1 is 1.11 bits per heavy atom. The molecule has 1 aliphatic heterocycles. The fourth-order valence-electron chi connectivity index (χ4n) is 4.56. The molecule has 3 aromatic rings. The maximum absolute atomic E-state index is 13.7. The lowest BCUT2D eigenvalue weighted by Crippen LogP contribution is -2.47. The molecule has 0 radical (unpaired) electrons. The van der Waals surface area contributed by atoms with Crippen LogP contribution in [0.5, 0.6) is 0 Å². The quantitative estimate of drug-likeness (QED) is 0.362. The Bertz CT molecular complexity index is 1220. The van der Waals surface area contributed by atoms with E-state index in [1.165, 1.54) is 21.9 Å². The van der Waals surface area contributed by atoms with Crippen LogP contribution in [0, 0.1) is 6.92 Å². The van der Waals surface area contributed by atoms with E-state index >= 15 is 0 Å². The molecule has 0 bridgehead atoms.